The smallest absolute Gasteiger partial charge is 0.243 e. The average molecular weight is 547 g/mol. The van der Waals surface area contributed by atoms with Gasteiger partial charge in [-0.2, -0.15) is 0 Å². The first-order valence-electron chi connectivity index (χ1n) is 11.9. The molecule has 0 radical (unpaired) electrons. The maximum atomic E-state index is 13.4. The SMILES string of the molecule is CS(=O)(=O)c1ccc([C@H](O)CS[C@H]2C(=O)N(c3ccc(-c4cccnc4)cc3)[C@@H]2c2ccc(O)cc2)cc1. The summed E-state index contributed by atoms with van der Waals surface area (Å²) in [6.45, 7) is 0. The van der Waals surface area contributed by atoms with E-state index in [2.05, 4.69) is 4.98 Å². The fraction of sp³-hybridized carbons (Fsp3) is 0.172. The predicted molar refractivity (Wildman–Crippen MR) is 149 cm³/mol. The molecular weight excluding hydrogens is 520 g/mol. The van der Waals surface area contributed by atoms with Gasteiger partial charge in [0.1, 0.15) is 11.0 Å². The number of hydrogen-bond acceptors (Lipinski definition) is 7. The number of aliphatic hydroxyl groups is 1. The van der Waals surface area contributed by atoms with Crippen LogP contribution in [-0.2, 0) is 14.6 Å². The van der Waals surface area contributed by atoms with Crippen LogP contribution in [0.5, 0.6) is 5.75 Å². The molecule has 9 heteroatoms. The number of carbonyl (C=O) groups excluding carboxylic acids is 1. The lowest BCUT2D eigenvalue weighted by molar-refractivity contribution is -0.123. The van der Waals surface area contributed by atoms with E-state index in [0.29, 0.717) is 5.56 Å². The van der Waals surface area contributed by atoms with Crippen LogP contribution in [0.2, 0.25) is 0 Å². The van der Waals surface area contributed by atoms with Gasteiger partial charge in [0.25, 0.3) is 0 Å². The Morgan fingerprint density at radius 1 is 0.947 bits per heavy atom. The average Bonchev–Trinajstić information content (AvgIpc) is 2.92. The van der Waals surface area contributed by atoms with Crippen LogP contribution in [0.4, 0.5) is 5.69 Å². The number of aromatic nitrogens is 1. The van der Waals surface area contributed by atoms with E-state index in [1.807, 2.05) is 36.4 Å². The Morgan fingerprint density at radius 3 is 2.24 bits per heavy atom. The summed E-state index contributed by atoms with van der Waals surface area (Å²) in [7, 11) is -3.32. The zero-order valence-electron chi connectivity index (χ0n) is 20.5. The molecule has 3 aromatic carbocycles. The number of phenols is 1. The fourth-order valence-corrected chi connectivity index (χ4v) is 6.41. The van der Waals surface area contributed by atoms with Gasteiger partial charge in [0.05, 0.1) is 17.0 Å². The van der Waals surface area contributed by atoms with Crippen molar-refractivity contribution in [2.45, 2.75) is 22.3 Å². The third-order valence-corrected chi connectivity index (χ3v) is 9.00. The van der Waals surface area contributed by atoms with Crippen LogP contribution >= 0.6 is 11.8 Å². The highest BCUT2D eigenvalue weighted by Crippen LogP contribution is 2.46. The fourth-order valence-electron chi connectivity index (χ4n) is 4.48. The van der Waals surface area contributed by atoms with Gasteiger partial charge >= 0.3 is 0 Å². The van der Waals surface area contributed by atoms with Crippen LogP contribution in [0.1, 0.15) is 23.3 Å². The first kappa shape index (κ1) is 26.0. The van der Waals surface area contributed by atoms with Gasteiger partial charge in [-0.1, -0.05) is 42.5 Å². The summed E-state index contributed by atoms with van der Waals surface area (Å²) in [6.07, 6.45) is 3.78. The molecule has 1 saturated heterocycles. The normalized spacial score (nSPS) is 18.2. The van der Waals surface area contributed by atoms with E-state index in [0.717, 1.165) is 28.6 Å². The number of β-lactam (4-membered cyclic amide) rings is 1. The summed E-state index contributed by atoms with van der Waals surface area (Å²) in [5.74, 6) is 0.336. The molecule has 4 aromatic rings. The summed E-state index contributed by atoms with van der Waals surface area (Å²) in [5, 5.41) is 20.1. The van der Waals surface area contributed by atoms with E-state index in [4.69, 9.17) is 0 Å². The molecule has 7 nitrogen and oxygen atoms in total. The van der Waals surface area contributed by atoms with Gasteiger partial charge in [-0.05, 0) is 64.7 Å². The maximum absolute atomic E-state index is 13.4. The van der Waals surface area contributed by atoms with E-state index >= 15 is 0 Å². The Labute approximate surface area is 225 Å². The lowest BCUT2D eigenvalue weighted by atomic mass is 9.92. The van der Waals surface area contributed by atoms with Gasteiger partial charge < -0.3 is 15.1 Å². The number of phenolic OH excluding ortho intramolecular Hbond substituents is 1. The third kappa shape index (κ3) is 5.31. The molecule has 1 aromatic heterocycles. The molecule has 0 aliphatic carbocycles. The van der Waals surface area contributed by atoms with Gasteiger partial charge in [-0.25, -0.2) is 8.42 Å². The molecule has 1 aliphatic rings. The van der Waals surface area contributed by atoms with Gasteiger partial charge in [0, 0.05) is 30.1 Å². The number of anilines is 1. The Morgan fingerprint density at radius 2 is 1.63 bits per heavy atom. The number of thioether (sulfide) groups is 1. The van der Waals surface area contributed by atoms with Crippen molar-refractivity contribution in [1.29, 1.82) is 0 Å². The van der Waals surface area contributed by atoms with Crippen LogP contribution in [0.25, 0.3) is 11.1 Å². The molecule has 1 amide bonds. The number of pyridine rings is 1. The van der Waals surface area contributed by atoms with Crippen LogP contribution in [0, 0.1) is 0 Å². The molecule has 0 bridgehead atoms. The summed E-state index contributed by atoms with van der Waals surface area (Å²) in [6, 6.07) is 24.2. The third-order valence-electron chi connectivity index (χ3n) is 6.55. The van der Waals surface area contributed by atoms with Gasteiger partial charge in [-0.15, -0.1) is 11.8 Å². The quantitative estimate of drug-likeness (QED) is 0.306. The molecular formula is C29H26N2O5S2. The number of rotatable bonds is 8. The zero-order valence-corrected chi connectivity index (χ0v) is 22.1. The van der Waals surface area contributed by atoms with Crippen LogP contribution in [0.15, 0.2) is 102 Å². The number of aliphatic hydroxyl groups excluding tert-OH is 1. The molecule has 5 rings (SSSR count). The van der Waals surface area contributed by atoms with Gasteiger partial charge in [0.2, 0.25) is 5.91 Å². The minimum absolute atomic E-state index is 0.0678. The number of amides is 1. The van der Waals surface area contributed by atoms with Gasteiger partial charge in [0.15, 0.2) is 9.84 Å². The van der Waals surface area contributed by atoms with Crippen LogP contribution in [0.3, 0.4) is 0 Å². The van der Waals surface area contributed by atoms with Crippen molar-refractivity contribution in [2.75, 3.05) is 16.9 Å². The zero-order chi connectivity index (χ0) is 26.9. The van der Waals surface area contributed by atoms with Crippen molar-refractivity contribution in [1.82, 2.24) is 4.98 Å². The number of sulfone groups is 1. The standard InChI is InChI=1S/C29H26N2O5S2/c1-38(35,36)25-14-8-20(9-15-25)26(33)18-37-28-27(21-6-12-24(32)13-7-21)31(29(28)34)23-10-4-19(5-11-23)22-3-2-16-30-17-22/h2-17,26-28,32-33H,18H2,1H3/t26-,27-,28-/m1/s1. The number of aromatic hydroxyl groups is 1. The largest absolute Gasteiger partial charge is 0.508 e. The van der Waals surface area contributed by atoms with E-state index in [-0.39, 0.29) is 28.3 Å². The number of benzene rings is 3. The Balaban J connectivity index is 1.35. The number of nitrogens with zero attached hydrogens (tertiary/aromatic N) is 2. The lowest BCUT2D eigenvalue weighted by Gasteiger charge is -2.47. The van der Waals surface area contributed by atoms with Crippen molar-refractivity contribution in [3.63, 3.8) is 0 Å². The maximum Gasteiger partial charge on any atom is 0.243 e. The summed E-state index contributed by atoms with van der Waals surface area (Å²) >= 11 is 1.36. The first-order valence-corrected chi connectivity index (χ1v) is 14.9. The first-order chi connectivity index (χ1) is 18.2. The summed E-state index contributed by atoms with van der Waals surface area (Å²) in [4.78, 5) is 19.5. The van der Waals surface area contributed by atoms with E-state index in [1.54, 1.807) is 53.7 Å². The topological polar surface area (TPSA) is 108 Å². The molecule has 0 unspecified atom stereocenters. The Kier molecular flexibility index (Phi) is 7.25. The second kappa shape index (κ2) is 10.6. The highest BCUT2D eigenvalue weighted by Gasteiger charge is 2.49. The molecule has 1 fully saturated rings. The summed E-state index contributed by atoms with van der Waals surface area (Å²) in [5.41, 5.74) is 4.20. The van der Waals surface area contributed by atoms with Crippen molar-refractivity contribution in [2.24, 2.45) is 0 Å². The van der Waals surface area contributed by atoms with E-state index in [1.165, 1.54) is 23.9 Å². The number of carbonyl (C=O) groups is 1. The Bertz CT molecular complexity index is 1530. The van der Waals surface area contributed by atoms with Crippen molar-refractivity contribution >= 4 is 33.2 Å². The van der Waals surface area contributed by atoms with Crippen molar-refractivity contribution in [3.05, 3.63) is 108 Å². The second-order valence-electron chi connectivity index (χ2n) is 9.14. The Hall–Kier alpha value is -3.66. The lowest BCUT2D eigenvalue weighted by Crippen LogP contribution is -2.57. The van der Waals surface area contributed by atoms with Gasteiger partial charge in [-0.3, -0.25) is 9.78 Å². The number of hydrogen-bond donors (Lipinski definition) is 2. The predicted octanol–water partition coefficient (Wildman–Crippen LogP) is 4.78. The molecule has 2 N–H and O–H groups in total. The van der Waals surface area contributed by atoms with Crippen molar-refractivity contribution < 1.29 is 23.4 Å². The van der Waals surface area contributed by atoms with Crippen LogP contribution in [-0.4, -0.2) is 46.8 Å². The second-order valence-corrected chi connectivity index (χ2v) is 12.3. The van der Waals surface area contributed by atoms with E-state index in [9.17, 15) is 23.4 Å². The molecule has 2 heterocycles. The molecule has 38 heavy (non-hydrogen) atoms. The molecule has 1 aliphatic heterocycles. The highest BCUT2D eigenvalue weighted by molar-refractivity contribution is 8.00. The monoisotopic (exact) mass is 546 g/mol. The van der Waals surface area contributed by atoms with E-state index < -0.39 is 21.2 Å². The molecule has 0 saturated carbocycles. The van der Waals surface area contributed by atoms with Crippen LogP contribution < -0.4 is 4.90 Å². The minimum Gasteiger partial charge on any atom is -0.508 e. The van der Waals surface area contributed by atoms with Crippen molar-refractivity contribution in [3.8, 4) is 16.9 Å². The molecule has 0 spiro atoms. The minimum atomic E-state index is -3.32. The molecule has 194 valence electrons. The summed E-state index contributed by atoms with van der Waals surface area (Å²) < 4.78 is 23.4. The molecule has 3 atom stereocenters. The highest BCUT2D eigenvalue weighted by atomic mass is 32.2.